The summed E-state index contributed by atoms with van der Waals surface area (Å²) in [6.45, 7) is 1.93. The van der Waals surface area contributed by atoms with Crippen molar-refractivity contribution in [2.24, 2.45) is 0 Å². The molecule has 1 rings (SSSR count). The van der Waals surface area contributed by atoms with Gasteiger partial charge in [0.15, 0.2) is 0 Å². The molecule has 0 nitrogen and oxygen atoms in total. The summed E-state index contributed by atoms with van der Waals surface area (Å²) < 4.78 is 0. The minimum Gasteiger partial charge on any atom is -0.0754 e. The first kappa shape index (κ1) is 10.5. The number of rotatable bonds is 0. The maximum atomic E-state index is 2.99. The summed E-state index contributed by atoms with van der Waals surface area (Å²) in [4.78, 5) is 0. The van der Waals surface area contributed by atoms with Gasteiger partial charge in [-0.05, 0) is 13.0 Å². The van der Waals surface area contributed by atoms with E-state index in [9.17, 15) is 0 Å². The highest BCUT2D eigenvalue weighted by molar-refractivity contribution is 5.75. The van der Waals surface area contributed by atoms with E-state index in [1.165, 1.54) is 0 Å². The molecule has 1 aliphatic carbocycles. The fourth-order valence-corrected chi connectivity index (χ4v) is 0.677. The minimum atomic E-state index is 0. The van der Waals surface area contributed by atoms with Crippen LogP contribution in [-0.4, -0.2) is 23.1 Å². The molecular formula is C10H11Mg. The average Bonchev–Trinajstić information content (AvgIpc) is 2.03. The predicted molar refractivity (Wildman–Crippen MR) is 51.2 cm³/mol. The van der Waals surface area contributed by atoms with Crippen molar-refractivity contribution in [2.75, 3.05) is 0 Å². The molecule has 0 heterocycles. The molecule has 0 saturated heterocycles. The van der Waals surface area contributed by atoms with E-state index in [1.807, 2.05) is 43.7 Å². The topological polar surface area (TPSA) is 0 Å². The van der Waals surface area contributed by atoms with E-state index < -0.39 is 0 Å². The predicted octanol–water partition coefficient (Wildman–Crippen LogP) is 2.44. The largest absolute Gasteiger partial charge is 0.0754 e. The highest BCUT2D eigenvalue weighted by atomic mass is 24.3. The van der Waals surface area contributed by atoms with Gasteiger partial charge in [-0.25, -0.2) is 0 Å². The third kappa shape index (κ3) is 4.08. The van der Waals surface area contributed by atoms with Gasteiger partial charge in [0.1, 0.15) is 0 Å². The van der Waals surface area contributed by atoms with Gasteiger partial charge in [0.2, 0.25) is 0 Å². The van der Waals surface area contributed by atoms with Gasteiger partial charge >= 0.3 is 0 Å². The third-order valence-corrected chi connectivity index (χ3v) is 1.13. The highest BCUT2D eigenvalue weighted by Crippen LogP contribution is 2.05. The first-order chi connectivity index (χ1) is 4.93. The Labute approximate surface area is 85.3 Å². The Kier molecular flexibility index (Phi) is 6.01. The number of hydrogen-bond acceptors (Lipinski definition) is 0. The molecule has 53 valence electrons. The Hall–Kier alpha value is -0.454. The fraction of sp³-hybridized carbons (Fsp3) is 0.100. The minimum absolute atomic E-state index is 0. The zero-order valence-electron chi connectivity index (χ0n) is 6.67. The molecule has 0 unspecified atom stereocenters. The molecule has 0 spiro atoms. The molecule has 0 aliphatic heterocycles. The summed E-state index contributed by atoms with van der Waals surface area (Å²) in [7, 11) is 0. The van der Waals surface area contributed by atoms with Crippen molar-refractivity contribution in [1.82, 2.24) is 0 Å². The Bertz CT molecular complexity index is 262. The van der Waals surface area contributed by atoms with Crippen LogP contribution in [0.4, 0.5) is 0 Å². The van der Waals surface area contributed by atoms with E-state index in [0.717, 1.165) is 5.57 Å². The van der Waals surface area contributed by atoms with Crippen molar-refractivity contribution in [3.63, 3.8) is 0 Å². The lowest BCUT2D eigenvalue weighted by Crippen LogP contribution is -1.77. The van der Waals surface area contributed by atoms with Gasteiger partial charge in [-0.2, -0.15) is 0 Å². The number of allylic oxidation sites excluding steroid dienone is 6. The number of hydrogen-bond donors (Lipinski definition) is 0. The molecule has 0 aromatic rings. The molecule has 0 bridgehead atoms. The maximum absolute atomic E-state index is 2.99. The van der Waals surface area contributed by atoms with Crippen LogP contribution >= 0.6 is 0 Å². The second kappa shape index (κ2) is 6.27. The second-order valence-corrected chi connectivity index (χ2v) is 1.92. The molecule has 0 N–H and O–H groups in total. The normalized spacial score (nSPS) is 13.0. The van der Waals surface area contributed by atoms with Crippen LogP contribution in [0.5, 0.6) is 0 Å². The van der Waals surface area contributed by atoms with Crippen LogP contribution in [0.25, 0.3) is 0 Å². The smallest absolute Gasteiger partial charge is 0.0211 e. The van der Waals surface area contributed by atoms with Gasteiger partial charge in [0.05, 0.1) is 0 Å². The van der Waals surface area contributed by atoms with Gasteiger partial charge in [0.25, 0.3) is 0 Å². The maximum Gasteiger partial charge on any atom is 0.0211 e. The molecule has 1 aliphatic rings. The van der Waals surface area contributed by atoms with E-state index in [0.29, 0.717) is 0 Å². The lowest BCUT2D eigenvalue weighted by Gasteiger charge is -1.93. The standard InChI is InChI=1S/C10H9.Mg.H2/c1-2-3-7-10-8-5-4-6-9-10;;/h2,4-6,8-9H,1H3;;1H. The quantitative estimate of drug-likeness (QED) is 0.372. The highest BCUT2D eigenvalue weighted by Gasteiger charge is 1.89. The summed E-state index contributed by atoms with van der Waals surface area (Å²) in [6.07, 6.45) is 11.8. The third-order valence-electron chi connectivity index (χ3n) is 1.13. The molecule has 0 aromatic carbocycles. The summed E-state index contributed by atoms with van der Waals surface area (Å²) >= 11 is 0. The van der Waals surface area contributed by atoms with E-state index >= 15 is 0 Å². The zero-order valence-corrected chi connectivity index (χ0v) is 8.09. The monoisotopic (exact) mass is 155 g/mol. The Morgan fingerprint density at radius 2 is 2.18 bits per heavy atom. The molecule has 0 atom stereocenters. The molecule has 11 heavy (non-hydrogen) atoms. The van der Waals surface area contributed by atoms with Crippen molar-refractivity contribution in [1.29, 1.82) is 0 Å². The van der Waals surface area contributed by atoms with Crippen LogP contribution in [0, 0.1) is 6.42 Å². The molecule has 0 saturated carbocycles. The second-order valence-electron chi connectivity index (χ2n) is 1.92. The Morgan fingerprint density at radius 1 is 1.36 bits per heavy atom. The summed E-state index contributed by atoms with van der Waals surface area (Å²) in [5.41, 5.74) is 6.95. The van der Waals surface area contributed by atoms with E-state index in [1.54, 1.807) is 0 Å². The van der Waals surface area contributed by atoms with Crippen molar-refractivity contribution in [3.8, 4) is 0 Å². The molecule has 1 heteroatoms. The first-order valence-corrected chi connectivity index (χ1v) is 3.28. The van der Waals surface area contributed by atoms with Crippen molar-refractivity contribution in [3.05, 3.63) is 53.8 Å². The van der Waals surface area contributed by atoms with E-state index in [2.05, 4.69) is 11.5 Å². The Morgan fingerprint density at radius 3 is 2.73 bits per heavy atom. The lowest BCUT2D eigenvalue weighted by atomic mass is 10.1. The summed E-state index contributed by atoms with van der Waals surface area (Å²) in [6, 6.07) is 0. The first-order valence-electron chi connectivity index (χ1n) is 3.28. The van der Waals surface area contributed by atoms with Gasteiger partial charge in [-0.3, -0.25) is 0 Å². The van der Waals surface area contributed by atoms with Crippen molar-refractivity contribution < 1.29 is 1.43 Å². The van der Waals surface area contributed by atoms with Crippen LogP contribution in [0.3, 0.4) is 0 Å². The summed E-state index contributed by atoms with van der Waals surface area (Å²) in [5.74, 6) is 0. The SMILES string of the molecule is CC=C=C=C1[CH]C=CC=C1.[HH].[Mg]. The van der Waals surface area contributed by atoms with Gasteiger partial charge < -0.3 is 0 Å². The Balaban J connectivity index is 0. The van der Waals surface area contributed by atoms with Crippen LogP contribution in [0.2, 0.25) is 0 Å². The zero-order chi connectivity index (χ0) is 7.23. The fourth-order valence-electron chi connectivity index (χ4n) is 0.677. The van der Waals surface area contributed by atoms with Gasteiger partial charge in [-0.1, -0.05) is 35.8 Å². The van der Waals surface area contributed by atoms with Crippen LogP contribution in [0.1, 0.15) is 8.35 Å². The van der Waals surface area contributed by atoms with E-state index in [-0.39, 0.29) is 24.5 Å². The molecular weight excluding hydrogens is 144 g/mol. The molecule has 3 radical (unpaired) electrons. The van der Waals surface area contributed by atoms with E-state index in [4.69, 9.17) is 0 Å². The van der Waals surface area contributed by atoms with Crippen LogP contribution < -0.4 is 0 Å². The molecule has 0 amide bonds. The molecule has 0 aromatic heterocycles. The lowest BCUT2D eigenvalue weighted by molar-refractivity contribution is 1.54. The van der Waals surface area contributed by atoms with Crippen molar-refractivity contribution in [2.45, 2.75) is 6.92 Å². The average molecular weight is 156 g/mol. The van der Waals surface area contributed by atoms with Gasteiger partial charge in [-0.15, -0.1) is 0 Å². The van der Waals surface area contributed by atoms with Gasteiger partial charge in [0, 0.05) is 36.5 Å². The summed E-state index contributed by atoms with van der Waals surface area (Å²) in [5, 5.41) is 0. The van der Waals surface area contributed by atoms with Crippen molar-refractivity contribution >= 4 is 23.1 Å². The molecule has 0 fully saturated rings. The van der Waals surface area contributed by atoms with Crippen LogP contribution in [-0.2, 0) is 0 Å². The van der Waals surface area contributed by atoms with Crippen LogP contribution in [0.15, 0.2) is 47.4 Å².